The van der Waals surface area contributed by atoms with E-state index < -0.39 is 17.8 Å². The van der Waals surface area contributed by atoms with E-state index in [9.17, 15) is 19.5 Å². The molecule has 2 amide bonds. The zero-order valence-electron chi connectivity index (χ0n) is 11.1. The van der Waals surface area contributed by atoms with E-state index in [0.29, 0.717) is 19.5 Å². The number of hydrogen-bond acceptors (Lipinski definition) is 3. The van der Waals surface area contributed by atoms with Gasteiger partial charge in [0.1, 0.15) is 0 Å². The molecule has 6 heteroatoms. The number of rotatable bonds is 2. The number of carbonyl (C=O) groups is 3. The first-order valence-corrected chi connectivity index (χ1v) is 7.04. The van der Waals surface area contributed by atoms with Crippen molar-refractivity contribution >= 4 is 17.8 Å². The van der Waals surface area contributed by atoms with Crippen molar-refractivity contribution in [3.63, 3.8) is 0 Å². The van der Waals surface area contributed by atoms with Gasteiger partial charge in [-0.15, -0.1) is 0 Å². The molecule has 1 saturated carbocycles. The third-order valence-corrected chi connectivity index (χ3v) is 4.60. The van der Waals surface area contributed by atoms with Crippen LogP contribution in [0.3, 0.4) is 0 Å². The Bertz CT molecular complexity index is 488. The van der Waals surface area contributed by atoms with Gasteiger partial charge in [0.15, 0.2) is 0 Å². The summed E-state index contributed by atoms with van der Waals surface area (Å²) in [5.41, 5.74) is 0. The standard InChI is InChI=1S/C14H18N2O4/c17-10-7-16(5-1-4-15-10)13(18)11-8-2-3-9(6-8)12(11)14(19)20/h2-3,8-9,11-12H,1,4-7H2,(H,15,17)(H,19,20)/t8?,9?,11-,12+/m0/s1. The lowest BCUT2D eigenvalue weighted by Gasteiger charge is -2.29. The van der Waals surface area contributed by atoms with Crippen LogP contribution in [0.25, 0.3) is 0 Å². The Balaban J connectivity index is 1.80. The van der Waals surface area contributed by atoms with Crippen molar-refractivity contribution in [1.29, 1.82) is 0 Å². The van der Waals surface area contributed by atoms with Crippen LogP contribution in [0, 0.1) is 23.7 Å². The van der Waals surface area contributed by atoms with Crippen molar-refractivity contribution in [3.8, 4) is 0 Å². The molecule has 1 aliphatic heterocycles. The van der Waals surface area contributed by atoms with Gasteiger partial charge in [-0.2, -0.15) is 0 Å². The van der Waals surface area contributed by atoms with E-state index in [1.165, 1.54) is 4.90 Å². The molecule has 0 aromatic rings. The Kier molecular flexibility index (Phi) is 3.23. The molecule has 6 nitrogen and oxygen atoms in total. The maximum Gasteiger partial charge on any atom is 0.307 e. The molecule has 2 bridgehead atoms. The molecule has 2 fully saturated rings. The summed E-state index contributed by atoms with van der Waals surface area (Å²) in [4.78, 5) is 37.2. The summed E-state index contributed by atoms with van der Waals surface area (Å²) in [6.07, 6.45) is 5.34. The minimum atomic E-state index is -0.903. The van der Waals surface area contributed by atoms with Crippen molar-refractivity contribution < 1.29 is 19.5 Å². The number of allylic oxidation sites excluding steroid dienone is 2. The zero-order chi connectivity index (χ0) is 14.3. The maximum absolute atomic E-state index is 12.7. The van der Waals surface area contributed by atoms with E-state index in [-0.39, 0.29) is 30.2 Å². The number of amides is 2. The molecule has 0 radical (unpaired) electrons. The second-order valence-electron chi connectivity index (χ2n) is 5.80. The summed E-state index contributed by atoms with van der Waals surface area (Å²) in [6.45, 7) is 1.13. The van der Waals surface area contributed by atoms with E-state index in [4.69, 9.17) is 0 Å². The van der Waals surface area contributed by atoms with Crippen molar-refractivity contribution in [2.75, 3.05) is 19.6 Å². The molecule has 3 rings (SSSR count). The second-order valence-corrected chi connectivity index (χ2v) is 5.80. The van der Waals surface area contributed by atoms with Crippen LogP contribution < -0.4 is 5.32 Å². The van der Waals surface area contributed by atoms with Gasteiger partial charge in [-0.3, -0.25) is 14.4 Å². The van der Waals surface area contributed by atoms with Gasteiger partial charge < -0.3 is 15.3 Å². The molecule has 108 valence electrons. The second kappa shape index (κ2) is 4.92. The van der Waals surface area contributed by atoms with Gasteiger partial charge >= 0.3 is 5.97 Å². The largest absolute Gasteiger partial charge is 0.481 e. The average molecular weight is 278 g/mol. The fourth-order valence-electron chi connectivity index (χ4n) is 3.70. The van der Waals surface area contributed by atoms with E-state index in [0.717, 1.165) is 6.42 Å². The normalized spacial score (nSPS) is 35.8. The Labute approximate surface area is 116 Å². The van der Waals surface area contributed by atoms with Crippen LogP contribution in [0.1, 0.15) is 12.8 Å². The number of carboxylic acid groups (broad SMARTS) is 1. The summed E-state index contributed by atoms with van der Waals surface area (Å²) in [5, 5.41) is 12.1. The first-order valence-electron chi connectivity index (χ1n) is 7.04. The highest BCUT2D eigenvalue weighted by Gasteiger charge is 2.52. The Morgan fingerprint density at radius 3 is 2.65 bits per heavy atom. The van der Waals surface area contributed by atoms with Crippen molar-refractivity contribution in [2.45, 2.75) is 12.8 Å². The number of aliphatic carboxylic acids is 1. The summed E-state index contributed by atoms with van der Waals surface area (Å²) < 4.78 is 0. The van der Waals surface area contributed by atoms with Crippen LogP contribution in [0.4, 0.5) is 0 Å². The molecule has 0 aromatic heterocycles. The molecule has 2 aliphatic carbocycles. The van der Waals surface area contributed by atoms with Crippen LogP contribution in [-0.2, 0) is 14.4 Å². The lowest BCUT2D eigenvalue weighted by atomic mass is 9.82. The maximum atomic E-state index is 12.7. The highest BCUT2D eigenvalue weighted by Crippen LogP contribution is 2.48. The van der Waals surface area contributed by atoms with Gasteiger partial charge in [-0.1, -0.05) is 12.2 Å². The summed E-state index contributed by atoms with van der Waals surface area (Å²) in [6, 6.07) is 0. The van der Waals surface area contributed by atoms with Gasteiger partial charge in [-0.25, -0.2) is 0 Å². The van der Waals surface area contributed by atoms with Crippen molar-refractivity contribution in [2.24, 2.45) is 23.7 Å². The summed E-state index contributed by atoms with van der Waals surface area (Å²) in [5.74, 6) is -2.41. The highest BCUT2D eigenvalue weighted by molar-refractivity contribution is 5.90. The summed E-state index contributed by atoms with van der Waals surface area (Å²) in [7, 11) is 0. The fraction of sp³-hybridized carbons (Fsp3) is 0.643. The lowest BCUT2D eigenvalue weighted by molar-refractivity contribution is -0.151. The number of hydrogen-bond donors (Lipinski definition) is 2. The monoisotopic (exact) mass is 278 g/mol. The predicted molar refractivity (Wildman–Crippen MR) is 69.6 cm³/mol. The van der Waals surface area contributed by atoms with Gasteiger partial charge in [-0.05, 0) is 24.7 Å². The lowest BCUT2D eigenvalue weighted by Crippen LogP contribution is -2.45. The molecular formula is C14H18N2O4. The smallest absolute Gasteiger partial charge is 0.307 e. The number of nitrogens with one attached hydrogen (secondary N) is 1. The molecular weight excluding hydrogens is 260 g/mol. The van der Waals surface area contributed by atoms with Crippen molar-refractivity contribution in [1.82, 2.24) is 10.2 Å². The zero-order valence-corrected chi connectivity index (χ0v) is 11.1. The van der Waals surface area contributed by atoms with Gasteiger partial charge in [0.2, 0.25) is 11.8 Å². The van der Waals surface area contributed by atoms with Gasteiger partial charge in [0.25, 0.3) is 0 Å². The van der Waals surface area contributed by atoms with E-state index in [2.05, 4.69) is 5.32 Å². The van der Waals surface area contributed by atoms with Crippen LogP contribution in [-0.4, -0.2) is 47.4 Å². The van der Waals surface area contributed by atoms with Crippen LogP contribution >= 0.6 is 0 Å². The SMILES string of the molecule is O=C1CN(C(=O)[C@H]2C3C=CC(C3)[C@H]2C(=O)O)CCCN1. The molecule has 20 heavy (non-hydrogen) atoms. The first kappa shape index (κ1) is 13.1. The number of fused-ring (bicyclic) bond motifs is 2. The van der Waals surface area contributed by atoms with E-state index in [1.54, 1.807) is 0 Å². The van der Waals surface area contributed by atoms with Crippen LogP contribution in [0.15, 0.2) is 12.2 Å². The molecule has 0 spiro atoms. The molecule has 2 N–H and O–H groups in total. The van der Waals surface area contributed by atoms with Crippen molar-refractivity contribution in [3.05, 3.63) is 12.2 Å². The molecule has 1 heterocycles. The third kappa shape index (κ3) is 2.09. The van der Waals surface area contributed by atoms with Gasteiger partial charge in [0, 0.05) is 13.1 Å². The topological polar surface area (TPSA) is 86.7 Å². The molecule has 1 saturated heterocycles. The van der Waals surface area contributed by atoms with Crippen LogP contribution in [0.2, 0.25) is 0 Å². The quantitative estimate of drug-likeness (QED) is 0.688. The third-order valence-electron chi connectivity index (χ3n) is 4.60. The number of carbonyl (C=O) groups excluding carboxylic acids is 2. The first-order chi connectivity index (χ1) is 9.58. The highest BCUT2D eigenvalue weighted by atomic mass is 16.4. The predicted octanol–water partition coefficient (Wildman–Crippen LogP) is -0.142. The molecule has 4 atom stereocenters. The minimum Gasteiger partial charge on any atom is -0.481 e. The van der Waals surface area contributed by atoms with E-state index in [1.807, 2.05) is 12.2 Å². The Hall–Kier alpha value is -1.85. The molecule has 3 aliphatic rings. The Morgan fingerprint density at radius 2 is 1.95 bits per heavy atom. The van der Waals surface area contributed by atoms with Gasteiger partial charge in [0.05, 0.1) is 18.4 Å². The average Bonchev–Trinajstić information content (AvgIpc) is 2.95. The number of carboxylic acids is 1. The summed E-state index contributed by atoms with van der Waals surface area (Å²) >= 11 is 0. The minimum absolute atomic E-state index is 0.0138. The van der Waals surface area contributed by atoms with Crippen LogP contribution in [0.5, 0.6) is 0 Å². The Morgan fingerprint density at radius 1 is 1.25 bits per heavy atom. The molecule has 0 aromatic carbocycles. The molecule has 2 unspecified atom stereocenters. The van der Waals surface area contributed by atoms with E-state index >= 15 is 0 Å². The number of nitrogens with zero attached hydrogens (tertiary/aromatic N) is 1. The fourth-order valence-corrected chi connectivity index (χ4v) is 3.70.